The van der Waals surface area contributed by atoms with Crippen LogP contribution in [0.25, 0.3) is 0 Å². The normalized spacial score (nSPS) is 14.4. The van der Waals surface area contributed by atoms with E-state index in [2.05, 4.69) is 36.9 Å². The molecule has 0 radical (unpaired) electrons. The molecule has 3 aromatic rings. The third-order valence-electron chi connectivity index (χ3n) is 12.6. The number of unbranched alkanes of at least 4 members (excludes halogenated alkanes) is 3. The van der Waals surface area contributed by atoms with Crippen LogP contribution in [0, 0.1) is 12.8 Å². The van der Waals surface area contributed by atoms with Crippen molar-refractivity contribution in [1.29, 1.82) is 0 Å². The number of methoxy groups -OCH3 is 2. The topological polar surface area (TPSA) is 273 Å². The Bertz CT molecular complexity index is 2450. The summed E-state index contributed by atoms with van der Waals surface area (Å²) in [5.74, 6) is -5.06. The Kier molecular flexibility index (Phi) is 25.5. The fourth-order valence-corrected chi connectivity index (χ4v) is 8.57. The zero-order valence-electron chi connectivity index (χ0n) is 45.9. The second-order valence-electron chi connectivity index (χ2n) is 20.4. The number of hydrogen-bond acceptors (Lipinski definition) is 14. The standard InChI is InChI=1S/C56H79N9O12/c1-37(2)50(53(72)65-32-18-23-45(65)54(73)76-8)63-52(71)44(34-48(68)75-7)61-51(70)43(60-47(67)33-39-25-27-40(28-26-39)59-55(74)62-42-21-12-11-19-38(42)3)22-14-16-30-58-46(66)24-10-9-17-31-64(35-41-20-13-15-29-57-41)36-49(69)77-56(4,5)6/h11-13,15,19-21,25-29,37,43-45,50H,9-10,14,16-18,22-24,30-36H2,1-8H3,(H,58,66)(H,60,67)(H,61,70)(H,63,71)(H2,59,62,74)/t43-,44-,45-,50-/m0/s1. The lowest BCUT2D eigenvalue weighted by atomic mass is 10.0. The van der Waals surface area contributed by atoms with E-state index in [1.54, 1.807) is 50.4 Å². The molecule has 4 rings (SSSR count). The van der Waals surface area contributed by atoms with Crippen LogP contribution in [0.3, 0.4) is 0 Å². The lowest BCUT2D eigenvalue weighted by molar-refractivity contribution is -0.156. The third-order valence-corrected chi connectivity index (χ3v) is 12.6. The van der Waals surface area contributed by atoms with Crippen LogP contribution < -0.4 is 31.9 Å². The van der Waals surface area contributed by atoms with Crippen LogP contribution in [0.15, 0.2) is 72.9 Å². The number of nitrogens with one attached hydrogen (secondary N) is 6. The van der Waals surface area contributed by atoms with Crippen molar-refractivity contribution in [1.82, 2.24) is 36.1 Å². The van der Waals surface area contributed by atoms with Gasteiger partial charge in [0.2, 0.25) is 29.5 Å². The molecular weight excluding hydrogens is 991 g/mol. The van der Waals surface area contributed by atoms with E-state index in [1.165, 1.54) is 12.0 Å². The molecule has 1 saturated heterocycles. The zero-order valence-corrected chi connectivity index (χ0v) is 45.9. The van der Waals surface area contributed by atoms with Crippen molar-refractivity contribution in [2.75, 3.05) is 51.0 Å². The van der Waals surface area contributed by atoms with Gasteiger partial charge in [-0.25, -0.2) is 9.59 Å². The van der Waals surface area contributed by atoms with E-state index in [4.69, 9.17) is 14.2 Å². The van der Waals surface area contributed by atoms with Crippen molar-refractivity contribution in [2.24, 2.45) is 5.92 Å². The third kappa shape index (κ3) is 22.4. The summed E-state index contributed by atoms with van der Waals surface area (Å²) >= 11 is 0. The van der Waals surface area contributed by atoms with Crippen molar-refractivity contribution >= 4 is 64.8 Å². The molecule has 2 aromatic carbocycles. The van der Waals surface area contributed by atoms with Crippen molar-refractivity contribution in [2.45, 2.75) is 148 Å². The molecule has 4 atom stereocenters. The number of carbonyl (C=O) groups is 9. The Balaban J connectivity index is 1.38. The van der Waals surface area contributed by atoms with Crippen LogP contribution >= 0.6 is 0 Å². The van der Waals surface area contributed by atoms with E-state index in [9.17, 15) is 43.2 Å². The molecule has 21 heteroatoms. The molecule has 1 aliphatic heterocycles. The first-order valence-corrected chi connectivity index (χ1v) is 26.3. The Morgan fingerprint density at radius 1 is 0.766 bits per heavy atom. The van der Waals surface area contributed by atoms with Gasteiger partial charge in [0, 0.05) is 43.6 Å². The van der Waals surface area contributed by atoms with E-state index in [-0.39, 0.29) is 50.8 Å². The van der Waals surface area contributed by atoms with E-state index in [1.807, 2.05) is 69.0 Å². The lowest BCUT2D eigenvalue weighted by Gasteiger charge is -2.31. The van der Waals surface area contributed by atoms with E-state index in [0.29, 0.717) is 62.1 Å². The maximum absolute atomic E-state index is 14.2. The first-order valence-electron chi connectivity index (χ1n) is 26.3. The molecule has 0 bridgehead atoms. The fraction of sp³-hybridized carbons (Fsp3) is 0.536. The van der Waals surface area contributed by atoms with Gasteiger partial charge in [-0.1, -0.05) is 56.7 Å². The highest BCUT2D eigenvalue weighted by molar-refractivity contribution is 6.00. The number of benzene rings is 2. The first kappa shape index (κ1) is 62.1. The highest BCUT2D eigenvalue weighted by Gasteiger charge is 2.40. The molecular formula is C56H79N9O12. The van der Waals surface area contributed by atoms with Gasteiger partial charge in [0.1, 0.15) is 29.8 Å². The largest absolute Gasteiger partial charge is 0.469 e. The minimum atomic E-state index is -1.53. The summed E-state index contributed by atoms with van der Waals surface area (Å²) < 4.78 is 15.3. The average molecular weight is 1070 g/mol. The summed E-state index contributed by atoms with van der Waals surface area (Å²) in [6.07, 6.45) is 5.11. The molecule has 2 heterocycles. The number of ether oxygens (including phenoxy) is 3. The molecule has 77 heavy (non-hydrogen) atoms. The van der Waals surface area contributed by atoms with Gasteiger partial charge in [0.05, 0.1) is 39.3 Å². The van der Waals surface area contributed by atoms with Gasteiger partial charge in [0.25, 0.3) is 0 Å². The monoisotopic (exact) mass is 1070 g/mol. The number of para-hydroxylation sites is 1. The number of urea groups is 1. The summed E-state index contributed by atoms with van der Waals surface area (Å²) in [6.45, 7) is 12.5. The van der Waals surface area contributed by atoms with Crippen LogP contribution in [0.2, 0.25) is 0 Å². The van der Waals surface area contributed by atoms with Crippen molar-refractivity contribution in [3.63, 3.8) is 0 Å². The number of rotatable bonds is 29. The summed E-state index contributed by atoms with van der Waals surface area (Å²) in [7, 11) is 2.36. The number of pyridine rings is 1. The van der Waals surface area contributed by atoms with E-state index < -0.39 is 83.7 Å². The summed E-state index contributed by atoms with van der Waals surface area (Å²) in [5, 5.41) is 16.5. The minimum Gasteiger partial charge on any atom is -0.469 e. The van der Waals surface area contributed by atoms with Crippen molar-refractivity contribution in [3.8, 4) is 0 Å². The molecule has 21 nitrogen and oxygen atoms in total. The molecule has 420 valence electrons. The number of nitrogens with zero attached hydrogens (tertiary/aromatic N) is 3. The Labute approximate surface area is 452 Å². The van der Waals surface area contributed by atoms with Crippen molar-refractivity contribution in [3.05, 3.63) is 89.7 Å². The number of aromatic nitrogens is 1. The number of carbonyl (C=O) groups excluding carboxylic acids is 9. The van der Waals surface area contributed by atoms with Crippen molar-refractivity contribution < 1.29 is 57.4 Å². The zero-order chi connectivity index (χ0) is 56.5. The predicted octanol–water partition coefficient (Wildman–Crippen LogP) is 5.10. The van der Waals surface area contributed by atoms with Crippen LogP contribution in [0.4, 0.5) is 16.2 Å². The number of hydrogen-bond donors (Lipinski definition) is 6. The highest BCUT2D eigenvalue weighted by Crippen LogP contribution is 2.22. The van der Waals surface area contributed by atoms with Gasteiger partial charge < -0.3 is 51.0 Å². The number of aryl methyl sites for hydroxylation is 1. The van der Waals surface area contributed by atoms with E-state index in [0.717, 1.165) is 31.2 Å². The Hall–Kier alpha value is -7.42. The van der Waals surface area contributed by atoms with Crippen LogP contribution in [0.1, 0.15) is 116 Å². The predicted molar refractivity (Wildman–Crippen MR) is 289 cm³/mol. The first-order chi connectivity index (χ1) is 36.7. The van der Waals surface area contributed by atoms with Gasteiger partial charge in [0.15, 0.2) is 0 Å². The van der Waals surface area contributed by atoms with Gasteiger partial charge in [-0.05, 0) is 127 Å². The second-order valence-corrected chi connectivity index (χ2v) is 20.4. The molecule has 1 fully saturated rings. The Morgan fingerprint density at radius 2 is 1.48 bits per heavy atom. The second kappa shape index (κ2) is 31.6. The summed E-state index contributed by atoms with van der Waals surface area (Å²) in [5.41, 5.74) is 2.80. The molecule has 1 aliphatic rings. The SMILES string of the molecule is COC(=O)C[C@H](NC(=O)[C@H](CCCCNC(=O)CCCCCN(CC(=O)OC(C)(C)C)Cc1ccccn1)NC(=O)Cc1ccc(NC(=O)Nc2ccccc2C)cc1)C(=O)N[C@H](C(=O)N1CCC[C@H]1C(=O)OC)C(C)C. The number of likely N-dealkylation sites (tertiary alicyclic amines) is 1. The maximum atomic E-state index is 14.2. The summed E-state index contributed by atoms with van der Waals surface area (Å²) in [4.78, 5) is 127. The fourth-order valence-electron chi connectivity index (χ4n) is 8.57. The molecule has 1 aromatic heterocycles. The smallest absolute Gasteiger partial charge is 0.328 e. The van der Waals surface area contributed by atoms with E-state index >= 15 is 0 Å². The quantitative estimate of drug-likeness (QED) is 0.0300. The van der Waals surface area contributed by atoms with Gasteiger partial charge in [-0.15, -0.1) is 0 Å². The van der Waals surface area contributed by atoms with Crippen LogP contribution in [0.5, 0.6) is 0 Å². The maximum Gasteiger partial charge on any atom is 0.328 e. The molecule has 0 spiro atoms. The number of anilines is 2. The minimum absolute atomic E-state index is 0.0775. The summed E-state index contributed by atoms with van der Waals surface area (Å²) in [6, 6.07) is 14.4. The number of esters is 3. The van der Waals surface area contributed by atoms with Crippen LogP contribution in [-0.2, 0) is 65.5 Å². The molecule has 0 aliphatic carbocycles. The molecule has 0 saturated carbocycles. The average Bonchev–Trinajstić information content (AvgIpc) is 3.88. The highest BCUT2D eigenvalue weighted by atomic mass is 16.6. The Morgan fingerprint density at radius 3 is 2.14 bits per heavy atom. The van der Waals surface area contributed by atoms with Gasteiger partial charge in [-0.3, -0.25) is 43.4 Å². The lowest BCUT2D eigenvalue weighted by Crippen LogP contribution is -2.59. The van der Waals surface area contributed by atoms with Crippen LogP contribution in [-0.4, -0.2) is 138 Å². The number of amides is 7. The van der Waals surface area contributed by atoms with Gasteiger partial charge in [-0.2, -0.15) is 0 Å². The molecule has 7 amide bonds. The molecule has 0 unspecified atom stereocenters. The molecule has 6 N–H and O–H groups in total. The van der Waals surface area contributed by atoms with Gasteiger partial charge >= 0.3 is 23.9 Å².